The van der Waals surface area contributed by atoms with Crippen LogP contribution in [-0.2, 0) is 11.3 Å². The van der Waals surface area contributed by atoms with Crippen LogP contribution < -0.4 is 4.90 Å². The van der Waals surface area contributed by atoms with Crippen LogP contribution in [0.5, 0.6) is 0 Å². The Morgan fingerprint density at radius 3 is 2.65 bits per heavy atom. The van der Waals surface area contributed by atoms with Crippen LogP contribution in [0.4, 0.5) is 5.88 Å². The molecule has 0 bridgehead atoms. The van der Waals surface area contributed by atoms with Gasteiger partial charge in [-0.25, -0.2) is 0 Å². The van der Waals surface area contributed by atoms with Gasteiger partial charge in [-0.1, -0.05) is 48.5 Å². The lowest BCUT2D eigenvalue weighted by Crippen LogP contribution is -2.39. The fourth-order valence-electron chi connectivity index (χ4n) is 4.00. The quantitative estimate of drug-likeness (QED) is 0.425. The van der Waals surface area contributed by atoms with Gasteiger partial charge in [-0.05, 0) is 32.6 Å². The van der Waals surface area contributed by atoms with Crippen LogP contribution in [0.25, 0.3) is 11.3 Å². The van der Waals surface area contributed by atoms with Crippen molar-refractivity contribution >= 4 is 5.88 Å². The van der Waals surface area contributed by atoms with E-state index in [1.54, 1.807) is 6.08 Å². The minimum Gasteiger partial charge on any atom is -0.389 e. The van der Waals surface area contributed by atoms with Gasteiger partial charge < -0.3 is 19.3 Å². The lowest BCUT2D eigenvalue weighted by Gasteiger charge is -2.32. The number of piperidine rings is 1. The van der Waals surface area contributed by atoms with E-state index in [9.17, 15) is 5.11 Å². The first kappa shape index (κ1) is 23.5. The van der Waals surface area contributed by atoms with Crippen LogP contribution in [0.1, 0.15) is 39.2 Å². The van der Waals surface area contributed by atoms with Crippen molar-refractivity contribution in [2.45, 2.75) is 52.3 Å². The summed E-state index contributed by atoms with van der Waals surface area (Å²) < 4.78 is 11.4. The topological polar surface area (TPSA) is 62.0 Å². The van der Waals surface area contributed by atoms with Crippen LogP contribution in [0, 0.1) is 5.92 Å². The summed E-state index contributed by atoms with van der Waals surface area (Å²) in [4.78, 5) is 4.59. The maximum atomic E-state index is 10.5. The molecule has 1 aliphatic heterocycles. The molecule has 0 amide bonds. The van der Waals surface area contributed by atoms with Gasteiger partial charge in [-0.3, -0.25) is 4.90 Å². The van der Waals surface area contributed by atoms with Gasteiger partial charge in [0.05, 0.1) is 24.9 Å². The van der Waals surface area contributed by atoms with Gasteiger partial charge in [-0.15, -0.1) is 6.58 Å². The second-order valence-electron chi connectivity index (χ2n) is 8.85. The number of rotatable bonds is 11. The molecule has 1 aliphatic rings. The molecule has 2 heterocycles. The van der Waals surface area contributed by atoms with E-state index in [4.69, 9.17) is 9.26 Å². The fourth-order valence-corrected chi connectivity index (χ4v) is 4.00. The van der Waals surface area contributed by atoms with E-state index in [1.807, 2.05) is 18.2 Å². The Hall–Kier alpha value is -2.15. The Balaban J connectivity index is 1.85. The number of anilines is 1. The van der Waals surface area contributed by atoms with Gasteiger partial charge in [0.1, 0.15) is 5.69 Å². The third kappa shape index (κ3) is 6.42. The summed E-state index contributed by atoms with van der Waals surface area (Å²) in [6, 6.07) is 10.5. The third-order valence-electron chi connectivity index (χ3n) is 5.97. The van der Waals surface area contributed by atoms with E-state index in [0.717, 1.165) is 54.6 Å². The monoisotopic (exact) mass is 427 g/mol. The number of hydrogen-bond acceptors (Lipinski definition) is 6. The standard InChI is InChI=1S/C25H37N3O3/c1-5-15-30-18-22(29)16-28(19(2)3)17-23-24(21-9-7-6-8-10-21)26-31-25(23)27-13-11-20(4)12-14-27/h5-10,19-20,22,29H,1,11-18H2,2-4H3. The minimum atomic E-state index is -0.568. The molecular formula is C25H37N3O3. The number of aliphatic hydroxyl groups excluding tert-OH is 1. The van der Waals surface area contributed by atoms with Crippen molar-refractivity contribution in [3.8, 4) is 11.3 Å². The molecule has 1 saturated heterocycles. The predicted molar refractivity (Wildman–Crippen MR) is 125 cm³/mol. The van der Waals surface area contributed by atoms with Crippen molar-refractivity contribution in [3.05, 3.63) is 48.6 Å². The summed E-state index contributed by atoms with van der Waals surface area (Å²) in [7, 11) is 0. The van der Waals surface area contributed by atoms with Crippen molar-refractivity contribution < 1.29 is 14.4 Å². The van der Waals surface area contributed by atoms with Gasteiger partial charge in [0, 0.05) is 37.8 Å². The largest absolute Gasteiger partial charge is 0.389 e. The van der Waals surface area contributed by atoms with E-state index < -0.39 is 6.10 Å². The first-order valence-corrected chi connectivity index (χ1v) is 11.4. The molecule has 1 atom stereocenters. The molecule has 170 valence electrons. The molecule has 6 nitrogen and oxygen atoms in total. The maximum Gasteiger partial charge on any atom is 0.232 e. The molecule has 0 spiro atoms. The highest BCUT2D eigenvalue weighted by atomic mass is 16.5. The highest BCUT2D eigenvalue weighted by Gasteiger charge is 2.28. The number of nitrogens with zero attached hydrogens (tertiary/aromatic N) is 3. The molecule has 1 unspecified atom stereocenters. The zero-order chi connectivity index (χ0) is 22.2. The molecule has 2 aromatic rings. The number of ether oxygens (including phenoxy) is 1. The molecule has 31 heavy (non-hydrogen) atoms. The maximum absolute atomic E-state index is 10.5. The Kier molecular flexibility index (Phi) is 8.69. The third-order valence-corrected chi connectivity index (χ3v) is 5.97. The van der Waals surface area contributed by atoms with E-state index in [2.05, 4.69) is 54.4 Å². The second kappa shape index (κ2) is 11.5. The first-order valence-electron chi connectivity index (χ1n) is 11.4. The molecule has 0 saturated carbocycles. The highest BCUT2D eigenvalue weighted by molar-refractivity contribution is 5.68. The van der Waals surface area contributed by atoms with Crippen molar-refractivity contribution in [2.24, 2.45) is 5.92 Å². The molecular weight excluding hydrogens is 390 g/mol. The van der Waals surface area contributed by atoms with Crippen LogP contribution in [-0.4, -0.2) is 60.2 Å². The van der Waals surface area contributed by atoms with Crippen LogP contribution >= 0.6 is 0 Å². The summed E-state index contributed by atoms with van der Waals surface area (Å²) in [6.45, 7) is 14.1. The van der Waals surface area contributed by atoms with Gasteiger partial charge in [0.15, 0.2) is 0 Å². The molecule has 0 radical (unpaired) electrons. The van der Waals surface area contributed by atoms with Gasteiger partial charge in [-0.2, -0.15) is 0 Å². The van der Waals surface area contributed by atoms with Crippen molar-refractivity contribution in [1.82, 2.24) is 10.1 Å². The first-order chi connectivity index (χ1) is 15.0. The van der Waals surface area contributed by atoms with Crippen molar-refractivity contribution in [3.63, 3.8) is 0 Å². The Labute approximate surface area is 186 Å². The summed E-state index contributed by atoms with van der Waals surface area (Å²) in [5.74, 6) is 1.61. The van der Waals surface area contributed by atoms with Gasteiger partial charge >= 0.3 is 0 Å². The summed E-state index contributed by atoms with van der Waals surface area (Å²) in [5, 5.41) is 15.0. The lowest BCUT2D eigenvalue weighted by molar-refractivity contribution is 0.0179. The molecule has 1 aromatic carbocycles. The molecule has 3 rings (SSSR count). The fraction of sp³-hybridized carbons (Fsp3) is 0.560. The minimum absolute atomic E-state index is 0.252. The van der Waals surface area contributed by atoms with E-state index in [-0.39, 0.29) is 6.04 Å². The normalized spacial score (nSPS) is 16.3. The average Bonchev–Trinajstić information content (AvgIpc) is 3.18. The van der Waals surface area contributed by atoms with Crippen LogP contribution in [0.2, 0.25) is 0 Å². The zero-order valence-corrected chi connectivity index (χ0v) is 19.2. The Bertz CT molecular complexity index is 798. The summed E-state index contributed by atoms with van der Waals surface area (Å²) >= 11 is 0. The molecule has 1 fully saturated rings. The SMILES string of the molecule is C=CCOCC(O)CN(Cc1c(-c2ccccc2)noc1N1CCC(C)CC1)C(C)C. The summed E-state index contributed by atoms with van der Waals surface area (Å²) in [5.41, 5.74) is 3.03. The van der Waals surface area contributed by atoms with Gasteiger partial charge in [0.2, 0.25) is 5.88 Å². The lowest BCUT2D eigenvalue weighted by atomic mass is 9.98. The van der Waals surface area contributed by atoms with E-state index >= 15 is 0 Å². The number of benzene rings is 1. The predicted octanol–water partition coefficient (Wildman–Crippen LogP) is 4.35. The molecule has 0 aliphatic carbocycles. The Morgan fingerprint density at radius 1 is 1.29 bits per heavy atom. The summed E-state index contributed by atoms with van der Waals surface area (Å²) in [6.07, 6.45) is 3.45. The number of aliphatic hydroxyl groups is 1. The average molecular weight is 428 g/mol. The number of hydrogen-bond donors (Lipinski definition) is 1. The van der Waals surface area contributed by atoms with Crippen molar-refractivity contribution in [2.75, 3.05) is 37.7 Å². The molecule has 6 heteroatoms. The molecule has 1 aromatic heterocycles. The highest BCUT2D eigenvalue weighted by Crippen LogP contribution is 2.34. The zero-order valence-electron chi connectivity index (χ0n) is 19.2. The van der Waals surface area contributed by atoms with E-state index in [0.29, 0.717) is 26.3 Å². The molecule has 1 N–H and O–H groups in total. The number of aromatic nitrogens is 1. The Morgan fingerprint density at radius 2 is 2.00 bits per heavy atom. The van der Waals surface area contributed by atoms with Gasteiger partial charge in [0.25, 0.3) is 0 Å². The second-order valence-corrected chi connectivity index (χ2v) is 8.85. The van der Waals surface area contributed by atoms with Crippen LogP contribution in [0.3, 0.4) is 0 Å². The van der Waals surface area contributed by atoms with Crippen molar-refractivity contribution in [1.29, 1.82) is 0 Å². The smallest absolute Gasteiger partial charge is 0.232 e. The van der Waals surface area contributed by atoms with Crippen LogP contribution in [0.15, 0.2) is 47.5 Å². The van der Waals surface area contributed by atoms with E-state index in [1.165, 1.54) is 0 Å².